The standard InChI is InChI=1S/C13H11ClN2O3S/c14-7-3-1-4-8(10(7)12(15)17)16-11(13(18)19)9-5-2-6-20-9/h1-6,11,16H,(H2,15,17)(H,18,19). The summed E-state index contributed by atoms with van der Waals surface area (Å²) in [6.45, 7) is 0. The molecule has 20 heavy (non-hydrogen) atoms. The summed E-state index contributed by atoms with van der Waals surface area (Å²) in [5.41, 5.74) is 5.66. The maximum absolute atomic E-state index is 11.4. The molecule has 0 radical (unpaired) electrons. The van der Waals surface area contributed by atoms with E-state index in [1.165, 1.54) is 17.4 Å². The van der Waals surface area contributed by atoms with Crippen LogP contribution in [0.4, 0.5) is 5.69 Å². The summed E-state index contributed by atoms with van der Waals surface area (Å²) in [6, 6.07) is 7.19. The summed E-state index contributed by atoms with van der Waals surface area (Å²) < 4.78 is 0. The molecule has 1 unspecified atom stereocenters. The Balaban J connectivity index is 2.40. The number of hydrogen-bond acceptors (Lipinski definition) is 4. The van der Waals surface area contributed by atoms with E-state index in [0.717, 1.165) is 0 Å². The number of amides is 1. The van der Waals surface area contributed by atoms with E-state index in [4.69, 9.17) is 17.3 Å². The minimum Gasteiger partial charge on any atom is -0.479 e. The fourth-order valence-electron chi connectivity index (χ4n) is 1.76. The Bertz CT molecular complexity index is 643. The van der Waals surface area contributed by atoms with E-state index >= 15 is 0 Å². The van der Waals surface area contributed by atoms with Crippen molar-refractivity contribution in [3.05, 3.63) is 51.2 Å². The van der Waals surface area contributed by atoms with Crippen LogP contribution in [-0.4, -0.2) is 17.0 Å². The number of benzene rings is 1. The van der Waals surface area contributed by atoms with Gasteiger partial charge < -0.3 is 16.2 Å². The molecule has 7 heteroatoms. The first-order chi connectivity index (χ1) is 9.50. The second-order valence-corrected chi connectivity index (χ2v) is 5.34. The lowest BCUT2D eigenvalue weighted by Crippen LogP contribution is -2.22. The molecule has 104 valence electrons. The number of carbonyl (C=O) groups is 2. The molecular formula is C13H11ClN2O3S. The van der Waals surface area contributed by atoms with Crippen molar-refractivity contribution in [3.63, 3.8) is 0 Å². The molecule has 4 N–H and O–H groups in total. The number of nitrogens with one attached hydrogen (secondary N) is 1. The monoisotopic (exact) mass is 310 g/mol. The van der Waals surface area contributed by atoms with Gasteiger partial charge in [-0.2, -0.15) is 0 Å². The van der Waals surface area contributed by atoms with E-state index in [2.05, 4.69) is 5.32 Å². The van der Waals surface area contributed by atoms with Gasteiger partial charge in [-0.1, -0.05) is 23.7 Å². The van der Waals surface area contributed by atoms with Crippen LogP contribution in [-0.2, 0) is 4.79 Å². The summed E-state index contributed by atoms with van der Waals surface area (Å²) in [4.78, 5) is 23.4. The quantitative estimate of drug-likeness (QED) is 0.791. The third kappa shape index (κ3) is 2.92. The number of thiophene rings is 1. The first-order valence-corrected chi connectivity index (χ1v) is 6.87. The number of hydrogen-bond donors (Lipinski definition) is 3. The van der Waals surface area contributed by atoms with Crippen molar-refractivity contribution in [1.82, 2.24) is 0 Å². The van der Waals surface area contributed by atoms with Crippen molar-refractivity contribution >= 4 is 40.5 Å². The lowest BCUT2D eigenvalue weighted by atomic mass is 10.1. The van der Waals surface area contributed by atoms with E-state index in [0.29, 0.717) is 10.6 Å². The van der Waals surface area contributed by atoms with Crippen LogP contribution in [0.5, 0.6) is 0 Å². The van der Waals surface area contributed by atoms with E-state index in [-0.39, 0.29) is 10.6 Å². The van der Waals surface area contributed by atoms with Crippen LogP contribution in [0.3, 0.4) is 0 Å². The summed E-state index contributed by atoms with van der Waals surface area (Å²) in [5, 5.41) is 14.1. The van der Waals surface area contributed by atoms with Crippen molar-refractivity contribution in [1.29, 1.82) is 0 Å². The van der Waals surface area contributed by atoms with Gasteiger partial charge in [-0.25, -0.2) is 4.79 Å². The zero-order valence-electron chi connectivity index (χ0n) is 10.2. The molecule has 1 amide bonds. The molecule has 0 aliphatic heterocycles. The molecular weight excluding hydrogens is 300 g/mol. The van der Waals surface area contributed by atoms with Crippen LogP contribution >= 0.6 is 22.9 Å². The van der Waals surface area contributed by atoms with Crippen molar-refractivity contribution in [2.75, 3.05) is 5.32 Å². The fourth-order valence-corrected chi connectivity index (χ4v) is 2.80. The number of rotatable bonds is 5. The summed E-state index contributed by atoms with van der Waals surface area (Å²) in [6.07, 6.45) is 0. The molecule has 0 bridgehead atoms. The number of aliphatic carboxylic acids is 1. The molecule has 1 atom stereocenters. The van der Waals surface area contributed by atoms with Gasteiger partial charge in [-0.05, 0) is 23.6 Å². The van der Waals surface area contributed by atoms with Gasteiger partial charge in [0, 0.05) is 10.6 Å². The number of halogens is 1. The highest BCUT2D eigenvalue weighted by Crippen LogP contribution is 2.29. The molecule has 2 aromatic rings. The van der Waals surface area contributed by atoms with Gasteiger partial charge in [0.15, 0.2) is 6.04 Å². The number of carboxylic acid groups (broad SMARTS) is 1. The second kappa shape index (κ2) is 5.94. The fraction of sp³-hybridized carbons (Fsp3) is 0.0769. The lowest BCUT2D eigenvalue weighted by molar-refractivity contribution is -0.138. The maximum atomic E-state index is 11.4. The zero-order chi connectivity index (χ0) is 14.7. The van der Waals surface area contributed by atoms with E-state index in [1.54, 1.807) is 29.6 Å². The van der Waals surface area contributed by atoms with Crippen LogP contribution in [0.1, 0.15) is 21.3 Å². The van der Waals surface area contributed by atoms with Crippen molar-refractivity contribution in [2.45, 2.75) is 6.04 Å². The van der Waals surface area contributed by atoms with Gasteiger partial charge in [-0.3, -0.25) is 4.79 Å². The van der Waals surface area contributed by atoms with E-state index < -0.39 is 17.9 Å². The van der Waals surface area contributed by atoms with Crippen LogP contribution in [0.15, 0.2) is 35.7 Å². The molecule has 2 rings (SSSR count). The number of nitrogens with two attached hydrogens (primary N) is 1. The van der Waals surface area contributed by atoms with Crippen molar-refractivity contribution in [2.24, 2.45) is 5.73 Å². The van der Waals surface area contributed by atoms with Crippen LogP contribution in [0.2, 0.25) is 5.02 Å². The average molecular weight is 311 g/mol. The third-order valence-corrected chi connectivity index (χ3v) is 3.89. The van der Waals surface area contributed by atoms with E-state index in [1.807, 2.05) is 0 Å². The molecule has 1 heterocycles. The Morgan fingerprint density at radius 2 is 2.05 bits per heavy atom. The Labute approximate surface area is 124 Å². The lowest BCUT2D eigenvalue weighted by Gasteiger charge is -2.17. The Kier molecular flexibility index (Phi) is 4.26. The Morgan fingerprint density at radius 3 is 2.60 bits per heavy atom. The summed E-state index contributed by atoms with van der Waals surface area (Å²) in [5.74, 6) is -1.77. The van der Waals surface area contributed by atoms with Gasteiger partial charge in [0.2, 0.25) is 0 Å². The predicted molar refractivity (Wildman–Crippen MR) is 78.3 cm³/mol. The zero-order valence-corrected chi connectivity index (χ0v) is 11.7. The van der Waals surface area contributed by atoms with Gasteiger partial charge in [0.05, 0.1) is 10.6 Å². The molecule has 1 aromatic carbocycles. The topological polar surface area (TPSA) is 92.4 Å². The maximum Gasteiger partial charge on any atom is 0.331 e. The Morgan fingerprint density at radius 1 is 1.30 bits per heavy atom. The number of primary amides is 1. The molecule has 0 aliphatic rings. The number of carbonyl (C=O) groups excluding carboxylic acids is 1. The van der Waals surface area contributed by atoms with Gasteiger partial charge in [0.25, 0.3) is 5.91 Å². The van der Waals surface area contributed by atoms with Crippen LogP contribution in [0, 0.1) is 0 Å². The highest BCUT2D eigenvalue weighted by molar-refractivity contribution is 7.10. The van der Waals surface area contributed by atoms with Gasteiger partial charge >= 0.3 is 5.97 Å². The minimum atomic E-state index is -1.05. The minimum absolute atomic E-state index is 0.0805. The number of anilines is 1. The van der Waals surface area contributed by atoms with Gasteiger partial charge in [0.1, 0.15) is 0 Å². The third-order valence-electron chi connectivity index (χ3n) is 2.63. The first kappa shape index (κ1) is 14.4. The average Bonchev–Trinajstić information content (AvgIpc) is 2.88. The SMILES string of the molecule is NC(=O)c1c(Cl)cccc1NC(C(=O)O)c1cccs1. The second-order valence-electron chi connectivity index (χ2n) is 3.96. The van der Waals surface area contributed by atoms with Crippen molar-refractivity contribution < 1.29 is 14.7 Å². The number of carboxylic acids is 1. The van der Waals surface area contributed by atoms with E-state index in [9.17, 15) is 14.7 Å². The first-order valence-electron chi connectivity index (χ1n) is 5.61. The normalized spacial score (nSPS) is 11.8. The summed E-state index contributed by atoms with van der Waals surface area (Å²) >= 11 is 7.23. The molecule has 0 fully saturated rings. The molecule has 1 aromatic heterocycles. The highest BCUT2D eigenvalue weighted by atomic mass is 35.5. The highest BCUT2D eigenvalue weighted by Gasteiger charge is 2.23. The smallest absolute Gasteiger partial charge is 0.331 e. The molecule has 0 saturated carbocycles. The molecule has 0 aliphatic carbocycles. The Hall–Kier alpha value is -2.05. The molecule has 0 spiro atoms. The van der Waals surface area contributed by atoms with Crippen molar-refractivity contribution in [3.8, 4) is 0 Å². The summed E-state index contributed by atoms with van der Waals surface area (Å²) in [7, 11) is 0. The molecule has 0 saturated heterocycles. The molecule has 5 nitrogen and oxygen atoms in total. The largest absolute Gasteiger partial charge is 0.479 e. The predicted octanol–water partition coefficient (Wildman–Crippen LogP) is 2.74. The van der Waals surface area contributed by atoms with Crippen LogP contribution in [0.25, 0.3) is 0 Å². The van der Waals surface area contributed by atoms with Gasteiger partial charge in [-0.15, -0.1) is 11.3 Å². The van der Waals surface area contributed by atoms with Crippen LogP contribution < -0.4 is 11.1 Å².